The summed E-state index contributed by atoms with van der Waals surface area (Å²) < 4.78 is 28.2. The van der Waals surface area contributed by atoms with Crippen molar-refractivity contribution < 1.29 is 18.0 Å². The molecule has 2 aromatic rings. The molecule has 0 atom stereocenters. The molecule has 0 aromatic heterocycles. The van der Waals surface area contributed by atoms with Crippen LogP contribution in [-0.2, 0) is 19.8 Å². The van der Waals surface area contributed by atoms with Crippen molar-refractivity contribution in [2.75, 3.05) is 41.7 Å². The highest BCUT2D eigenvalue weighted by Gasteiger charge is 2.33. The van der Waals surface area contributed by atoms with Crippen molar-refractivity contribution in [2.45, 2.75) is 13.8 Å². The monoisotopic (exact) mass is 416 g/mol. The first-order valence-electron chi connectivity index (χ1n) is 9.08. The van der Waals surface area contributed by atoms with Gasteiger partial charge in [-0.1, -0.05) is 24.3 Å². The van der Waals surface area contributed by atoms with Crippen molar-refractivity contribution in [3.63, 3.8) is 0 Å². The number of nitrogens with one attached hydrogen (secondary N) is 1. The first-order chi connectivity index (χ1) is 13.6. The van der Waals surface area contributed by atoms with E-state index in [0.29, 0.717) is 17.1 Å². The summed E-state index contributed by atoms with van der Waals surface area (Å²) in [6, 6.07) is 12.4. The number of hydrogen-bond donors (Lipinski definition) is 1. The summed E-state index contributed by atoms with van der Waals surface area (Å²) in [5.74, 6) is -0.815. The van der Waals surface area contributed by atoms with E-state index in [4.69, 9.17) is 0 Å². The van der Waals surface area contributed by atoms with Gasteiger partial charge in [0.15, 0.2) is 0 Å². The lowest BCUT2D eigenvalue weighted by atomic mass is 10.1. The SMILES string of the molecule is Cc1ccc(C)c(N(CC(=O)N2CC(=O)Nc3ccccc32)S(=O)(=O)N(C)C)c1. The normalized spacial score (nSPS) is 13.8. The summed E-state index contributed by atoms with van der Waals surface area (Å²) in [4.78, 5) is 26.5. The van der Waals surface area contributed by atoms with E-state index in [2.05, 4.69) is 5.32 Å². The van der Waals surface area contributed by atoms with Gasteiger partial charge in [0.05, 0.1) is 17.1 Å². The Balaban J connectivity index is 2.02. The Labute approximate surface area is 170 Å². The number of hydrogen-bond acceptors (Lipinski definition) is 4. The lowest BCUT2D eigenvalue weighted by Gasteiger charge is -2.33. The number of aryl methyl sites for hydroxylation is 2. The number of para-hydroxylation sites is 2. The zero-order chi connectivity index (χ0) is 21.3. The van der Waals surface area contributed by atoms with Crippen LogP contribution in [-0.4, -0.2) is 51.7 Å². The topological polar surface area (TPSA) is 90.0 Å². The van der Waals surface area contributed by atoms with Crippen molar-refractivity contribution in [3.05, 3.63) is 53.6 Å². The lowest BCUT2D eigenvalue weighted by Crippen LogP contribution is -2.50. The van der Waals surface area contributed by atoms with Crippen LogP contribution in [0.3, 0.4) is 0 Å². The van der Waals surface area contributed by atoms with Crippen molar-refractivity contribution in [1.29, 1.82) is 0 Å². The second kappa shape index (κ2) is 7.84. The van der Waals surface area contributed by atoms with Gasteiger partial charge in [-0.25, -0.2) is 4.31 Å². The maximum atomic E-state index is 13.2. The molecule has 29 heavy (non-hydrogen) atoms. The summed E-state index contributed by atoms with van der Waals surface area (Å²) in [5.41, 5.74) is 3.10. The number of carbonyl (C=O) groups is 2. The predicted molar refractivity (Wildman–Crippen MR) is 113 cm³/mol. The second-order valence-electron chi connectivity index (χ2n) is 7.13. The first kappa shape index (κ1) is 20.8. The molecule has 0 aliphatic carbocycles. The summed E-state index contributed by atoms with van der Waals surface area (Å²) in [7, 11) is -1.10. The van der Waals surface area contributed by atoms with Crippen molar-refractivity contribution >= 4 is 39.1 Å². The molecule has 9 heteroatoms. The Kier molecular flexibility index (Phi) is 5.63. The Morgan fingerprint density at radius 1 is 1.14 bits per heavy atom. The third kappa shape index (κ3) is 4.10. The molecular weight excluding hydrogens is 392 g/mol. The van der Waals surface area contributed by atoms with Crippen LogP contribution in [0.4, 0.5) is 17.1 Å². The number of carbonyl (C=O) groups excluding carboxylic acids is 2. The van der Waals surface area contributed by atoms with Gasteiger partial charge in [-0.2, -0.15) is 12.7 Å². The quantitative estimate of drug-likeness (QED) is 0.806. The molecule has 2 amide bonds. The minimum absolute atomic E-state index is 0.168. The molecule has 154 valence electrons. The molecule has 3 rings (SSSR count). The van der Waals surface area contributed by atoms with Crippen LogP contribution < -0.4 is 14.5 Å². The number of rotatable bonds is 5. The summed E-state index contributed by atoms with van der Waals surface area (Å²) in [6.07, 6.45) is 0. The van der Waals surface area contributed by atoms with Gasteiger partial charge in [0, 0.05) is 14.1 Å². The van der Waals surface area contributed by atoms with Gasteiger partial charge >= 0.3 is 10.2 Å². The van der Waals surface area contributed by atoms with Crippen molar-refractivity contribution in [2.24, 2.45) is 0 Å². The van der Waals surface area contributed by atoms with Crippen LogP contribution in [0.25, 0.3) is 0 Å². The minimum Gasteiger partial charge on any atom is -0.323 e. The molecule has 0 unspecified atom stereocenters. The smallest absolute Gasteiger partial charge is 0.304 e. The molecule has 0 bridgehead atoms. The molecule has 0 saturated carbocycles. The number of amides is 2. The molecule has 0 saturated heterocycles. The van der Waals surface area contributed by atoms with Crippen molar-refractivity contribution in [1.82, 2.24) is 4.31 Å². The number of nitrogens with zero attached hydrogens (tertiary/aromatic N) is 3. The molecule has 1 aliphatic heterocycles. The number of anilines is 3. The zero-order valence-electron chi connectivity index (χ0n) is 16.8. The van der Waals surface area contributed by atoms with Gasteiger partial charge in [0.25, 0.3) is 0 Å². The molecule has 1 aliphatic rings. The van der Waals surface area contributed by atoms with E-state index in [9.17, 15) is 18.0 Å². The third-order valence-corrected chi connectivity index (χ3v) is 6.53. The summed E-state index contributed by atoms with van der Waals surface area (Å²) in [6.45, 7) is 3.06. The minimum atomic E-state index is -3.94. The maximum Gasteiger partial charge on any atom is 0.304 e. The molecule has 0 spiro atoms. The Morgan fingerprint density at radius 2 is 1.83 bits per heavy atom. The Hall–Kier alpha value is -2.91. The zero-order valence-corrected chi connectivity index (χ0v) is 17.7. The van der Waals surface area contributed by atoms with Crippen LogP contribution >= 0.6 is 0 Å². The Morgan fingerprint density at radius 3 is 2.52 bits per heavy atom. The van der Waals surface area contributed by atoms with E-state index in [-0.39, 0.29) is 12.5 Å². The highest BCUT2D eigenvalue weighted by Crippen LogP contribution is 2.30. The number of fused-ring (bicyclic) bond motifs is 1. The number of benzene rings is 2. The summed E-state index contributed by atoms with van der Waals surface area (Å²) in [5, 5.41) is 2.72. The molecule has 1 N–H and O–H groups in total. The maximum absolute atomic E-state index is 13.2. The van der Waals surface area contributed by atoms with E-state index in [1.807, 2.05) is 19.1 Å². The van der Waals surface area contributed by atoms with E-state index < -0.39 is 22.7 Å². The van der Waals surface area contributed by atoms with Gasteiger partial charge in [-0.3, -0.25) is 14.5 Å². The molecule has 2 aromatic carbocycles. The average molecular weight is 417 g/mol. The molecule has 0 fully saturated rings. The lowest BCUT2D eigenvalue weighted by molar-refractivity contribution is -0.121. The van der Waals surface area contributed by atoms with Crippen LogP contribution in [0.2, 0.25) is 0 Å². The van der Waals surface area contributed by atoms with Crippen LogP contribution in [0.15, 0.2) is 42.5 Å². The standard InChI is InChI=1S/C20H24N4O4S/c1-14-9-10-15(2)18(11-14)24(29(27,28)22(3)4)13-20(26)23-12-19(25)21-16-7-5-6-8-17(16)23/h5-11H,12-13H2,1-4H3,(H,21,25). The fourth-order valence-electron chi connectivity index (χ4n) is 3.14. The molecule has 1 heterocycles. The van der Waals surface area contributed by atoms with Gasteiger partial charge in [0.2, 0.25) is 11.8 Å². The summed E-state index contributed by atoms with van der Waals surface area (Å²) >= 11 is 0. The molecule has 8 nitrogen and oxygen atoms in total. The fraction of sp³-hybridized carbons (Fsp3) is 0.300. The average Bonchev–Trinajstić information content (AvgIpc) is 2.67. The highest BCUT2D eigenvalue weighted by molar-refractivity contribution is 7.90. The third-order valence-electron chi connectivity index (χ3n) is 4.72. The van der Waals surface area contributed by atoms with Gasteiger partial charge < -0.3 is 5.32 Å². The Bertz CT molecular complexity index is 1070. The van der Waals surface area contributed by atoms with Crippen LogP contribution in [0, 0.1) is 13.8 Å². The van der Waals surface area contributed by atoms with Gasteiger partial charge in [0.1, 0.15) is 13.1 Å². The fourth-order valence-corrected chi connectivity index (χ4v) is 4.25. The van der Waals surface area contributed by atoms with Gasteiger partial charge in [-0.15, -0.1) is 0 Å². The van der Waals surface area contributed by atoms with Gasteiger partial charge in [-0.05, 0) is 43.2 Å². The van der Waals surface area contributed by atoms with E-state index >= 15 is 0 Å². The second-order valence-corrected chi connectivity index (χ2v) is 9.20. The predicted octanol–water partition coefficient (Wildman–Crippen LogP) is 1.90. The van der Waals surface area contributed by atoms with E-state index in [1.165, 1.54) is 19.0 Å². The molecular formula is C20H24N4O4S. The molecule has 0 radical (unpaired) electrons. The van der Waals surface area contributed by atoms with Crippen LogP contribution in [0.1, 0.15) is 11.1 Å². The van der Waals surface area contributed by atoms with E-state index in [0.717, 1.165) is 19.7 Å². The van der Waals surface area contributed by atoms with E-state index in [1.54, 1.807) is 37.3 Å². The first-order valence-corrected chi connectivity index (χ1v) is 10.5. The largest absolute Gasteiger partial charge is 0.323 e. The van der Waals surface area contributed by atoms with Crippen LogP contribution in [0.5, 0.6) is 0 Å². The van der Waals surface area contributed by atoms with Crippen molar-refractivity contribution in [3.8, 4) is 0 Å². The highest BCUT2D eigenvalue weighted by atomic mass is 32.2.